The van der Waals surface area contributed by atoms with Crippen molar-refractivity contribution in [1.29, 1.82) is 0 Å². The zero-order valence-corrected chi connectivity index (χ0v) is 10.0. The zero-order valence-electron chi connectivity index (χ0n) is 7.80. The molecule has 0 radical (unpaired) electrons. The van der Waals surface area contributed by atoms with Crippen LogP contribution in [0, 0.1) is 0 Å². The smallest absolute Gasteiger partial charge is 0.871 e. The van der Waals surface area contributed by atoms with Crippen LogP contribution in [-0.4, -0.2) is 53.8 Å². The van der Waals surface area contributed by atoms with Crippen LogP contribution < -0.4 is 5.11 Å². The molecule has 0 unspecified atom stereocenters. The van der Waals surface area contributed by atoms with Crippen molar-refractivity contribution >= 4 is 54.6 Å². The Morgan fingerprint density at radius 1 is 1.33 bits per heavy atom. The molecule has 0 saturated heterocycles. The molecule has 5 heteroatoms. The summed E-state index contributed by atoms with van der Waals surface area (Å²) in [5, 5.41) is 20.5. The second-order valence-corrected chi connectivity index (χ2v) is 2.83. The number of aromatic nitrogens is 1. The van der Waals surface area contributed by atoms with Crippen molar-refractivity contribution in [2.45, 2.75) is 0 Å². The average Bonchev–Trinajstić information content (AvgIpc) is 2.16. The molecule has 0 saturated carbocycles. The van der Waals surface area contributed by atoms with Crippen LogP contribution in [0.3, 0.4) is 0 Å². The van der Waals surface area contributed by atoms with Gasteiger partial charge in [0.2, 0.25) is 0 Å². The van der Waals surface area contributed by atoms with E-state index < -0.39 is 17.4 Å². The van der Waals surface area contributed by atoms with Gasteiger partial charge in [0.05, 0.1) is 5.52 Å². The van der Waals surface area contributed by atoms with Crippen LogP contribution in [0.4, 0.5) is 0 Å². The van der Waals surface area contributed by atoms with Crippen molar-refractivity contribution in [3.05, 3.63) is 36.0 Å². The normalized spacial score (nSPS) is 9.60. The standard InChI is InChI=1S/C10H7NO3.Ca/c12-8-5-6-3-1-2-4-7(6)11-9(8)10(13)14;/h1-5,12H,(H,13,14);/q;+2/p-1. The number of fused-ring (bicyclic) bond motifs is 1. The quantitative estimate of drug-likeness (QED) is 0.726. The third kappa shape index (κ3) is 2.39. The molecule has 0 aliphatic carbocycles. The third-order valence-electron chi connectivity index (χ3n) is 1.89. The van der Waals surface area contributed by atoms with E-state index in [4.69, 9.17) is 5.11 Å². The first-order chi connectivity index (χ1) is 6.68. The van der Waals surface area contributed by atoms with Crippen LogP contribution in [0.5, 0.6) is 5.75 Å². The van der Waals surface area contributed by atoms with Gasteiger partial charge in [0.25, 0.3) is 0 Å². The first-order valence-corrected chi connectivity index (χ1v) is 3.98. The van der Waals surface area contributed by atoms with Crippen LogP contribution in [0.25, 0.3) is 10.9 Å². The molecule has 1 heterocycles. The maximum atomic E-state index is 11.2. The summed E-state index contributed by atoms with van der Waals surface area (Å²) in [6.07, 6.45) is 0. The van der Waals surface area contributed by atoms with E-state index in [-0.39, 0.29) is 37.7 Å². The molecule has 0 bridgehead atoms. The second-order valence-electron chi connectivity index (χ2n) is 2.83. The number of aromatic carboxylic acids is 1. The van der Waals surface area contributed by atoms with Crippen LogP contribution in [0.2, 0.25) is 0 Å². The molecule has 0 aliphatic heterocycles. The maximum absolute atomic E-state index is 11.2. The van der Waals surface area contributed by atoms with E-state index in [0.717, 1.165) is 0 Å². The van der Waals surface area contributed by atoms with Crippen molar-refractivity contribution < 1.29 is 15.0 Å². The molecule has 15 heavy (non-hydrogen) atoms. The van der Waals surface area contributed by atoms with E-state index in [9.17, 15) is 9.90 Å². The summed E-state index contributed by atoms with van der Waals surface area (Å²) in [5.41, 5.74) is 0.0909. The molecule has 1 N–H and O–H groups in total. The Bertz CT molecular complexity index is 513. The molecule has 0 fully saturated rings. The van der Waals surface area contributed by atoms with Gasteiger partial charge in [-0.3, -0.25) is 0 Å². The fourth-order valence-electron chi connectivity index (χ4n) is 1.25. The molecular formula is C10H6CaNO3+. The third-order valence-corrected chi connectivity index (χ3v) is 1.89. The van der Waals surface area contributed by atoms with Gasteiger partial charge in [-0.2, -0.15) is 0 Å². The summed E-state index contributed by atoms with van der Waals surface area (Å²) < 4.78 is 0. The number of rotatable bonds is 1. The monoisotopic (exact) mass is 228 g/mol. The number of hydrogen-bond acceptors (Lipinski definition) is 3. The summed E-state index contributed by atoms with van der Waals surface area (Å²) >= 11 is 0. The van der Waals surface area contributed by atoms with E-state index in [1.807, 2.05) is 0 Å². The van der Waals surface area contributed by atoms with Gasteiger partial charge >= 0.3 is 43.7 Å². The number of nitrogens with zero attached hydrogens (tertiary/aromatic N) is 1. The van der Waals surface area contributed by atoms with Crippen LogP contribution in [-0.2, 0) is 0 Å². The van der Waals surface area contributed by atoms with E-state index in [0.29, 0.717) is 10.9 Å². The van der Waals surface area contributed by atoms with Crippen molar-refractivity contribution in [1.82, 2.24) is 4.98 Å². The Hall–Kier alpha value is -0.840. The summed E-state index contributed by atoms with van der Waals surface area (Å²) in [6, 6.07) is 8.18. The molecule has 4 nitrogen and oxygen atoms in total. The number of carboxylic acids is 1. The molecular weight excluding hydrogens is 222 g/mol. The fourth-order valence-corrected chi connectivity index (χ4v) is 1.25. The molecule has 0 atom stereocenters. The molecule has 1 aromatic carbocycles. The minimum atomic E-state index is -1.29. The molecule has 0 aliphatic rings. The number of carboxylic acid groups (broad SMARTS) is 1. The van der Waals surface area contributed by atoms with Crippen LogP contribution in [0.15, 0.2) is 30.3 Å². The summed E-state index contributed by atoms with van der Waals surface area (Å²) in [6.45, 7) is 0. The van der Waals surface area contributed by atoms with Crippen molar-refractivity contribution in [2.75, 3.05) is 0 Å². The average molecular weight is 228 g/mol. The summed E-state index contributed by atoms with van der Waals surface area (Å²) in [5.74, 6) is -1.85. The van der Waals surface area contributed by atoms with E-state index in [2.05, 4.69) is 4.98 Å². The van der Waals surface area contributed by atoms with E-state index in [1.54, 1.807) is 24.3 Å². The number of para-hydroxylation sites is 1. The first kappa shape index (κ1) is 12.2. The van der Waals surface area contributed by atoms with Crippen LogP contribution >= 0.6 is 0 Å². The predicted molar refractivity (Wildman–Crippen MR) is 53.9 cm³/mol. The predicted octanol–water partition coefficient (Wildman–Crippen LogP) is 0.626. The molecule has 2 rings (SSSR count). The Labute approximate surface area is 116 Å². The first-order valence-electron chi connectivity index (χ1n) is 3.98. The Kier molecular flexibility index (Phi) is 3.90. The van der Waals surface area contributed by atoms with Crippen molar-refractivity contribution in [3.63, 3.8) is 0 Å². The SMILES string of the molecule is O=C(O)c1nc2ccccc2cc1[O-].[Ca+2]. The van der Waals surface area contributed by atoms with Gasteiger partial charge in [-0.15, -0.1) is 0 Å². The van der Waals surface area contributed by atoms with Crippen molar-refractivity contribution in [3.8, 4) is 5.75 Å². The van der Waals surface area contributed by atoms with Gasteiger partial charge in [-0.05, 0) is 11.5 Å². The topological polar surface area (TPSA) is 73.2 Å². The van der Waals surface area contributed by atoms with Gasteiger partial charge < -0.3 is 10.2 Å². The molecule has 2 aromatic rings. The molecule has 0 amide bonds. The van der Waals surface area contributed by atoms with Crippen LogP contribution in [0.1, 0.15) is 10.5 Å². The summed E-state index contributed by atoms with van der Waals surface area (Å²) in [4.78, 5) is 14.4. The summed E-state index contributed by atoms with van der Waals surface area (Å²) in [7, 11) is 0. The van der Waals surface area contributed by atoms with E-state index in [1.165, 1.54) is 6.07 Å². The second kappa shape index (κ2) is 4.79. The Morgan fingerprint density at radius 3 is 2.67 bits per heavy atom. The molecule has 0 spiro atoms. The van der Waals surface area contributed by atoms with Crippen molar-refractivity contribution in [2.24, 2.45) is 0 Å². The largest absolute Gasteiger partial charge is 2.00 e. The number of benzene rings is 1. The molecule has 70 valence electrons. The minimum Gasteiger partial charge on any atom is -0.871 e. The van der Waals surface area contributed by atoms with Gasteiger partial charge in [-0.25, -0.2) is 9.78 Å². The minimum absolute atomic E-state index is 0. The number of hydrogen-bond donors (Lipinski definition) is 1. The van der Waals surface area contributed by atoms with Gasteiger partial charge in [-0.1, -0.05) is 30.0 Å². The van der Waals surface area contributed by atoms with E-state index >= 15 is 0 Å². The zero-order chi connectivity index (χ0) is 10.1. The van der Waals surface area contributed by atoms with Gasteiger partial charge in [0.15, 0.2) is 0 Å². The maximum Gasteiger partial charge on any atom is 2.00 e. The number of pyridine rings is 1. The number of carbonyl (C=O) groups is 1. The van der Waals surface area contributed by atoms with Gasteiger partial charge in [0, 0.05) is 0 Å². The Morgan fingerprint density at radius 2 is 2.00 bits per heavy atom. The Balaban J connectivity index is 0.00000112. The fraction of sp³-hybridized carbons (Fsp3) is 0. The molecule has 1 aromatic heterocycles. The van der Waals surface area contributed by atoms with Gasteiger partial charge in [0.1, 0.15) is 5.69 Å².